The van der Waals surface area contributed by atoms with Gasteiger partial charge < -0.3 is 4.52 Å². The zero-order valence-corrected chi connectivity index (χ0v) is 17.5. The van der Waals surface area contributed by atoms with Crippen molar-refractivity contribution in [3.8, 4) is 0 Å². The van der Waals surface area contributed by atoms with E-state index in [0.717, 1.165) is 12.8 Å². The molecule has 0 spiro atoms. The van der Waals surface area contributed by atoms with Crippen LogP contribution in [-0.4, -0.2) is 25.4 Å². The molecule has 1 aliphatic carbocycles. The molecule has 0 aliphatic heterocycles. The summed E-state index contributed by atoms with van der Waals surface area (Å²) in [7, 11) is -3.99. The van der Waals surface area contributed by atoms with Gasteiger partial charge in [-0.1, -0.05) is 35.0 Å². The monoisotopic (exact) mass is 460 g/mol. The van der Waals surface area contributed by atoms with E-state index >= 15 is 0 Å². The number of hydrogen-bond donors (Lipinski definition) is 3. The van der Waals surface area contributed by atoms with Crippen LogP contribution < -0.4 is 15.6 Å². The van der Waals surface area contributed by atoms with Gasteiger partial charge in [-0.25, -0.2) is 8.42 Å². The van der Waals surface area contributed by atoms with Crippen molar-refractivity contribution in [2.45, 2.75) is 23.7 Å². The molecule has 0 radical (unpaired) electrons. The van der Waals surface area contributed by atoms with Gasteiger partial charge in [0.15, 0.2) is 5.69 Å². The van der Waals surface area contributed by atoms with Crippen LogP contribution in [0.1, 0.15) is 45.4 Å². The van der Waals surface area contributed by atoms with Crippen LogP contribution in [0.2, 0.25) is 5.02 Å². The molecular weight excluding hydrogens is 444 g/mol. The molecule has 3 N–H and O–H groups in total. The van der Waals surface area contributed by atoms with Crippen molar-refractivity contribution in [3.63, 3.8) is 0 Å². The quantitative estimate of drug-likeness (QED) is 0.484. The Morgan fingerprint density at radius 2 is 1.74 bits per heavy atom. The third-order valence-corrected chi connectivity index (χ3v) is 6.25. The molecule has 3 aromatic rings. The van der Waals surface area contributed by atoms with E-state index in [-0.39, 0.29) is 26.9 Å². The van der Waals surface area contributed by atoms with E-state index in [9.17, 15) is 18.0 Å². The first-order valence-electron chi connectivity index (χ1n) is 9.28. The van der Waals surface area contributed by atoms with Gasteiger partial charge in [0.25, 0.3) is 21.8 Å². The zero-order valence-electron chi connectivity index (χ0n) is 16.0. The maximum Gasteiger partial charge on any atom is 0.291 e. The van der Waals surface area contributed by atoms with Gasteiger partial charge in [0, 0.05) is 17.5 Å². The molecule has 4 rings (SSSR count). The number of sulfonamides is 1. The van der Waals surface area contributed by atoms with Crippen molar-refractivity contribution in [2.24, 2.45) is 0 Å². The lowest BCUT2D eigenvalue weighted by molar-refractivity contribution is 0.0841. The number of aromatic nitrogens is 1. The maximum atomic E-state index is 12.7. The number of para-hydroxylation sites is 1. The summed E-state index contributed by atoms with van der Waals surface area (Å²) < 4.78 is 32.8. The predicted molar refractivity (Wildman–Crippen MR) is 112 cm³/mol. The summed E-state index contributed by atoms with van der Waals surface area (Å²) in [4.78, 5) is 24.4. The Kier molecular flexibility index (Phi) is 5.66. The van der Waals surface area contributed by atoms with Gasteiger partial charge in [-0.15, -0.1) is 0 Å². The largest absolute Gasteiger partial charge is 0.360 e. The van der Waals surface area contributed by atoms with Crippen molar-refractivity contribution >= 4 is 39.1 Å². The average molecular weight is 461 g/mol. The van der Waals surface area contributed by atoms with Gasteiger partial charge in [-0.2, -0.15) is 0 Å². The summed E-state index contributed by atoms with van der Waals surface area (Å²) in [6.45, 7) is 0. The number of benzene rings is 2. The molecule has 0 unspecified atom stereocenters. The van der Waals surface area contributed by atoms with Crippen LogP contribution in [-0.2, 0) is 10.0 Å². The highest BCUT2D eigenvalue weighted by atomic mass is 35.5. The molecule has 9 nitrogen and oxygen atoms in total. The van der Waals surface area contributed by atoms with Crippen LogP contribution >= 0.6 is 11.6 Å². The minimum absolute atomic E-state index is 0.0288. The van der Waals surface area contributed by atoms with Gasteiger partial charge in [-0.3, -0.25) is 25.2 Å². The number of amides is 2. The number of halogens is 1. The number of hydrogen-bond acceptors (Lipinski definition) is 6. The predicted octanol–water partition coefficient (Wildman–Crippen LogP) is 3.08. The molecule has 1 fully saturated rings. The standard InChI is InChI=1S/C20H17ClN4O5S/c21-15-6-1-2-7-16(15)25-31(28,29)14-5-3-4-13(10-14)19(26)22-23-20(27)17-11-18(30-24-17)12-8-9-12/h1-7,10-12,25H,8-9H2,(H,22,26)(H,23,27). The van der Waals surface area contributed by atoms with Gasteiger partial charge in [0.05, 0.1) is 15.6 Å². The summed E-state index contributed by atoms with van der Waals surface area (Å²) >= 11 is 6.00. The molecule has 1 aliphatic rings. The summed E-state index contributed by atoms with van der Waals surface area (Å²) in [6, 6.07) is 13.3. The Morgan fingerprint density at radius 1 is 1.00 bits per heavy atom. The van der Waals surface area contributed by atoms with Crippen LogP contribution in [0, 0.1) is 0 Å². The van der Waals surface area contributed by atoms with Crippen molar-refractivity contribution in [2.75, 3.05) is 4.72 Å². The van der Waals surface area contributed by atoms with E-state index in [0.29, 0.717) is 11.7 Å². The number of rotatable bonds is 6. The van der Waals surface area contributed by atoms with Crippen LogP contribution in [0.3, 0.4) is 0 Å². The van der Waals surface area contributed by atoms with Crippen molar-refractivity contribution < 1.29 is 22.5 Å². The molecule has 0 saturated heterocycles. The van der Waals surface area contributed by atoms with Crippen molar-refractivity contribution in [1.82, 2.24) is 16.0 Å². The summed E-state index contributed by atoms with van der Waals surface area (Å²) in [5, 5.41) is 3.92. The van der Waals surface area contributed by atoms with E-state index < -0.39 is 21.8 Å². The molecule has 0 bridgehead atoms. The number of carbonyl (C=O) groups excluding carboxylic acids is 2. The molecule has 1 aromatic heterocycles. The Morgan fingerprint density at radius 3 is 2.48 bits per heavy atom. The van der Waals surface area contributed by atoms with Crippen LogP contribution in [0.4, 0.5) is 5.69 Å². The Balaban J connectivity index is 1.42. The normalized spacial score (nSPS) is 13.5. The second kappa shape index (κ2) is 8.40. The third kappa shape index (κ3) is 4.86. The molecule has 2 amide bonds. The van der Waals surface area contributed by atoms with Crippen LogP contribution in [0.15, 0.2) is 64.0 Å². The van der Waals surface area contributed by atoms with Crippen molar-refractivity contribution in [3.05, 3.63) is 76.6 Å². The lowest BCUT2D eigenvalue weighted by Crippen LogP contribution is -2.41. The number of nitrogens with one attached hydrogen (secondary N) is 3. The van der Waals surface area contributed by atoms with E-state index in [1.807, 2.05) is 0 Å². The highest BCUT2D eigenvalue weighted by molar-refractivity contribution is 7.92. The lowest BCUT2D eigenvalue weighted by atomic mass is 10.2. The summed E-state index contributed by atoms with van der Waals surface area (Å²) in [5.74, 6) is -0.407. The van der Waals surface area contributed by atoms with E-state index in [2.05, 4.69) is 20.7 Å². The maximum absolute atomic E-state index is 12.7. The van der Waals surface area contributed by atoms with E-state index in [1.54, 1.807) is 18.2 Å². The Hall–Kier alpha value is -3.37. The lowest BCUT2D eigenvalue weighted by Gasteiger charge is -2.11. The minimum Gasteiger partial charge on any atom is -0.360 e. The second-order valence-electron chi connectivity index (χ2n) is 6.91. The minimum atomic E-state index is -3.99. The molecule has 1 heterocycles. The third-order valence-electron chi connectivity index (χ3n) is 4.56. The number of carbonyl (C=O) groups is 2. The second-order valence-corrected chi connectivity index (χ2v) is 9.00. The number of nitrogens with zero attached hydrogens (tertiary/aromatic N) is 1. The van der Waals surface area contributed by atoms with Crippen molar-refractivity contribution in [1.29, 1.82) is 0 Å². The molecule has 0 atom stereocenters. The highest BCUT2D eigenvalue weighted by Gasteiger charge is 2.29. The number of hydrazine groups is 1. The van der Waals surface area contributed by atoms with E-state index in [1.165, 1.54) is 36.4 Å². The first-order valence-corrected chi connectivity index (χ1v) is 11.1. The fraction of sp³-hybridized carbons (Fsp3) is 0.150. The van der Waals surface area contributed by atoms with Gasteiger partial charge in [0.1, 0.15) is 5.76 Å². The van der Waals surface area contributed by atoms with Gasteiger partial charge >= 0.3 is 0 Å². The molecule has 2 aromatic carbocycles. The van der Waals surface area contributed by atoms with Gasteiger partial charge in [0.2, 0.25) is 0 Å². The SMILES string of the molecule is O=C(NNC(=O)c1cc(C2CC2)on1)c1cccc(S(=O)(=O)Nc2ccccc2Cl)c1. The van der Waals surface area contributed by atoms with E-state index in [4.69, 9.17) is 16.1 Å². The smallest absolute Gasteiger partial charge is 0.291 e. The first-order chi connectivity index (χ1) is 14.8. The molecule has 11 heteroatoms. The Bertz CT molecular complexity index is 1250. The highest BCUT2D eigenvalue weighted by Crippen LogP contribution is 2.40. The fourth-order valence-corrected chi connectivity index (χ4v) is 4.12. The molecule has 1 saturated carbocycles. The fourth-order valence-electron chi connectivity index (χ4n) is 2.76. The topological polar surface area (TPSA) is 130 Å². The van der Waals surface area contributed by atoms with Crippen LogP contribution in [0.5, 0.6) is 0 Å². The summed E-state index contributed by atoms with van der Waals surface area (Å²) in [6.07, 6.45) is 2.00. The molecule has 31 heavy (non-hydrogen) atoms. The zero-order chi connectivity index (χ0) is 22.0. The average Bonchev–Trinajstić information content (AvgIpc) is 3.50. The number of anilines is 1. The van der Waals surface area contributed by atoms with Crippen LogP contribution in [0.25, 0.3) is 0 Å². The van der Waals surface area contributed by atoms with Gasteiger partial charge in [-0.05, 0) is 43.2 Å². The first kappa shape index (κ1) is 20.9. The molecular formula is C20H17ClN4O5S. The molecule has 160 valence electrons. The Labute approximate surface area is 182 Å². The summed E-state index contributed by atoms with van der Waals surface area (Å²) in [5.41, 5.74) is 4.75.